The standard InChI is InChI=1S/C9H11N3S3/c1-13-8-11-12-9(15-8)14-7-4-2-3-6(7)5-10/h6-7H,2-4H2,1H3. The van der Waals surface area contributed by atoms with Crippen LogP contribution in [0.5, 0.6) is 0 Å². The van der Waals surface area contributed by atoms with Crippen LogP contribution in [-0.2, 0) is 0 Å². The highest BCUT2D eigenvalue weighted by Gasteiger charge is 2.28. The van der Waals surface area contributed by atoms with Gasteiger partial charge in [0.05, 0.1) is 12.0 Å². The molecule has 1 heterocycles. The zero-order chi connectivity index (χ0) is 10.7. The summed E-state index contributed by atoms with van der Waals surface area (Å²) in [4.78, 5) is 0. The fourth-order valence-corrected chi connectivity index (χ4v) is 4.63. The SMILES string of the molecule is CSc1nnc(SC2CCCC2C#N)s1. The molecule has 1 aliphatic carbocycles. The van der Waals surface area contributed by atoms with Gasteiger partial charge in [-0.1, -0.05) is 41.3 Å². The molecule has 1 fully saturated rings. The van der Waals surface area contributed by atoms with Crippen molar-refractivity contribution in [2.75, 3.05) is 6.26 Å². The van der Waals surface area contributed by atoms with Crippen LogP contribution in [0.3, 0.4) is 0 Å². The maximum absolute atomic E-state index is 8.97. The van der Waals surface area contributed by atoms with Gasteiger partial charge in [-0.3, -0.25) is 0 Å². The molecule has 0 aliphatic heterocycles. The summed E-state index contributed by atoms with van der Waals surface area (Å²) < 4.78 is 2.01. The molecule has 80 valence electrons. The van der Waals surface area contributed by atoms with Gasteiger partial charge < -0.3 is 0 Å². The van der Waals surface area contributed by atoms with Crippen molar-refractivity contribution >= 4 is 34.9 Å². The molecule has 1 aromatic rings. The van der Waals surface area contributed by atoms with E-state index >= 15 is 0 Å². The quantitative estimate of drug-likeness (QED) is 0.779. The molecule has 0 aromatic carbocycles. The lowest BCUT2D eigenvalue weighted by Gasteiger charge is -2.09. The fraction of sp³-hybridized carbons (Fsp3) is 0.667. The van der Waals surface area contributed by atoms with Crippen molar-refractivity contribution in [2.24, 2.45) is 5.92 Å². The van der Waals surface area contributed by atoms with E-state index in [0.717, 1.165) is 21.5 Å². The number of nitrogens with zero attached hydrogens (tertiary/aromatic N) is 3. The van der Waals surface area contributed by atoms with Crippen molar-refractivity contribution in [3.63, 3.8) is 0 Å². The molecular formula is C9H11N3S3. The van der Waals surface area contributed by atoms with Gasteiger partial charge in [0.2, 0.25) is 0 Å². The fourth-order valence-electron chi connectivity index (χ4n) is 1.67. The molecule has 0 radical (unpaired) electrons. The minimum atomic E-state index is 0.205. The minimum absolute atomic E-state index is 0.205. The van der Waals surface area contributed by atoms with Crippen molar-refractivity contribution in [1.82, 2.24) is 10.2 Å². The molecule has 0 bridgehead atoms. The summed E-state index contributed by atoms with van der Waals surface area (Å²) in [6, 6.07) is 2.39. The molecule has 2 atom stereocenters. The molecule has 1 aromatic heterocycles. The Labute approximate surface area is 102 Å². The summed E-state index contributed by atoms with van der Waals surface area (Å²) >= 11 is 4.98. The van der Waals surface area contributed by atoms with Gasteiger partial charge in [-0.25, -0.2) is 0 Å². The molecule has 0 N–H and O–H groups in total. The number of nitriles is 1. The van der Waals surface area contributed by atoms with E-state index in [4.69, 9.17) is 5.26 Å². The summed E-state index contributed by atoms with van der Waals surface area (Å²) in [5, 5.41) is 17.6. The Morgan fingerprint density at radius 3 is 2.87 bits per heavy atom. The van der Waals surface area contributed by atoms with E-state index in [0.29, 0.717) is 5.25 Å². The Morgan fingerprint density at radius 2 is 2.20 bits per heavy atom. The van der Waals surface area contributed by atoms with Crippen molar-refractivity contribution < 1.29 is 0 Å². The molecule has 3 nitrogen and oxygen atoms in total. The topological polar surface area (TPSA) is 49.6 Å². The summed E-state index contributed by atoms with van der Waals surface area (Å²) in [6.07, 6.45) is 5.35. The van der Waals surface area contributed by atoms with Crippen LogP contribution in [0.1, 0.15) is 19.3 Å². The zero-order valence-corrected chi connectivity index (χ0v) is 10.8. The minimum Gasteiger partial charge on any atom is -0.198 e. The van der Waals surface area contributed by atoms with Gasteiger partial charge in [-0.05, 0) is 19.1 Å². The average molecular weight is 257 g/mol. The highest BCUT2D eigenvalue weighted by atomic mass is 32.2. The Morgan fingerprint density at radius 1 is 1.40 bits per heavy atom. The largest absolute Gasteiger partial charge is 0.198 e. The van der Waals surface area contributed by atoms with Crippen LogP contribution in [0.25, 0.3) is 0 Å². The maximum atomic E-state index is 8.97. The van der Waals surface area contributed by atoms with Crippen LogP contribution >= 0.6 is 34.9 Å². The third-order valence-corrected chi connectivity index (χ3v) is 5.82. The Bertz CT molecular complexity index is 371. The van der Waals surface area contributed by atoms with Gasteiger partial charge >= 0.3 is 0 Å². The zero-order valence-electron chi connectivity index (χ0n) is 8.34. The Kier molecular flexibility index (Phi) is 3.89. The van der Waals surface area contributed by atoms with E-state index in [1.54, 1.807) is 34.9 Å². The lowest BCUT2D eigenvalue weighted by atomic mass is 10.1. The highest BCUT2D eigenvalue weighted by molar-refractivity contribution is 8.03. The molecule has 1 aliphatic rings. The van der Waals surface area contributed by atoms with Crippen molar-refractivity contribution in [2.45, 2.75) is 33.2 Å². The molecular weight excluding hydrogens is 246 g/mol. The number of thioether (sulfide) groups is 2. The van der Waals surface area contributed by atoms with Gasteiger partial charge in [-0.15, -0.1) is 10.2 Å². The number of hydrogen-bond donors (Lipinski definition) is 0. The number of hydrogen-bond acceptors (Lipinski definition) is 6. The van der Waals surface area contributed by atoms with Gasteiger partial charge in [0.1, 0.15) is 0 Å². The van der Waals surface area contributed by atoms with Gasteiger partial charge in [0.25, 0.3) is 0 Å². The third-order valence-electron chi connectivity index (χ3n) is 2.43. The summed E-state index contributed by atoms with van der Waals surface area (Å²) in [5.41, 5.74) is 0. The van der Waals surface area contributed by atoms with Crippen molar-refractivity contribution in [3.8, 4) is 6.07 Å². The lowest BCUT2D eigenvalue weighted by Crippen LogP contribution is -2.06. The van der Waals surface area contributed by atoms with E-state index in [1.807, 2.05) is 6.26 Å². The molecule has 15 heavy (non-hydrogen) atoms. The first-order valence-corrected chi connectivity index (χ1v) is 7.69. The molecule has 6 heteroatoms. The normalized spacial score (nSPS) is 25.3. The van der Waals surface area contributed by atoms with E-state index < -0.39 is 0 Å². The smallest absolute Gasteiger partial charge is 0.175 e. The second kappa shape index (κ2) is 5.19. The molecule has 1 saturated carbocycles. The Balaban J connectivity index is 1.99. The molecule has 2 rings (SSSR count). The first-order valence-electron chi connectivity index (χ1n) is 4.77. The van der Waals surface area contributed by atoms with Crippen LogP contribution in [0.2, 0.25) is 0 Å². The monoisotopic (exact) mass is 257 g/mol. The van der Waals surface area contributed by atoms with Crippen molar-refractivity contribution in [1.29, 1.82) is 5.26 Å². The molecule has 0 saturated heterocycles. The van der Waals surface area contributed by atoms with Crippen LogP contribution in [0, 0.1) is 17.2 Å². The average Bonchev–Trinajstić information content (AvgIpc) is 2.87. The van der Waals surface area contributed by atoms with E-state index in [9.17, 15) is 0 Å². The summed E-state index contributed by atoms with van der Waals surface area (Å²) in [6.45, 7) is 0. The van der Waals surface area contributed by atoms with Crippen LogP contribution in [0.15, 0.2) is 8.68 Å². The van der Waals surface area contributed by atoms with E-state index in [1.165, 1.54) is 6.42 Å². The number of rotatable bonds is 3. The summed E-state index contributed by atoms with van der Waals surface area (Å²) in [5.74, 6) is 0.205. The third kappa shape index (κ3) is 2.65. The second-order valence-corrected chi connectivity index (χ2v) is 6.88. The molecule has 0 amide bonds. The van der Waals surface area contributed by atoms with Gasteiger partial charge in [0.15, 0.2) is 8.68 Å². The van der Waals surface area contributed by atoms with Crippen LogP contribution in [-0.4, -0.2) is 21.7 Å². The van der Waals surface area contributed by atoms with Crippen LogP contribution < -0.4 is 0 Å². The maximum Gasteiger partial charge on any atom is 0.175 e. The lowest BCUT2D eigenvalue weighted by molar-refractivity contribution is 0.714. The Hall–Kier alpha value is -0.250. The number of aromatic nitrogens is 2. The molecule has 0 spiro atoms. The van der Waals surface area contributed by atoms with E-state index in [-0.39, 0.29) is 5.92 Å². The van der Waals surface area contributed by atoms with Crippen molar-refractivity contribution in [3.05, 3.63) is 0 Å². The molecule has 2 unspecified atom stereocenters. The predicted octanol–water partition coefficient (Wildman–Crippen LogP) is 3.04. The summed E-state index contributed by atoms with van der Waals surface area (Å²) in [7, 11) is 0. The van der Waals surface area contributed by atoms with Crippen LogP contribution in [0.4, 0.5) is 0 Å². The predicted molar refractivity (Wildman–Crippen MR) is 64.3 cm³/mol. The van der Waals surface area contributed by atoms with E-state index in [2.05, 4.69) is 16.3 Å². The highest BCUT2D eigenvalue weighted by Crippen LogP contribution is 2.40. The second-order valence-electron chi connectivity index (χ2n) is 3.36. The first-order chi connectivity index (χ1) is 7.33. The van der Waals surface area contributed by atoms with Gasteiger partial charge in [0, 0.05) is 5.25 Å². The van der Waals surface area contributed by atoms with Gasteiger partial charge in [-0.2, -0.15) is 5.26 Å². The first kappa shape index (κ1) is 11.2.